The van der Waals surface area contributed by atoms with Gasteiger partial charge < -0.3 is 9.47 Å². The van der Waals surface area contributed by atoms with E-state index in [0.717, 1.165) is 56.8 Å². The summed E-state index contributed by atoms with van der Waals surface area (Å²) in [5.74, 6) is 2.31. The van der Waals surface area contributed by atoms with Crippen LogP contribution in [0.3, 0.4) is 0 Å². The zero-order chi connectivity index (χ0) is 25.4. The Morgan fingerprint density at radius 2 is 0.914 bits per heavy atom. The van der Waals surface area contributed by atoms with E-state index in [4.69, 9.17) is 9.47 Å². The summed E-state index contributed by atoms with van der Waals surface area (Å²) >= 11 is 0. The number of esters is 2. The molecule has 0 amide bonds. The maximum absolute atomic E-state index is 13.2. The summed E-state index contributed by atoms with van der Waals surface area (Å²) in [4.78, 5) is 26.4. The number of rotatable bonds is 6. The Morgan fingerprint density at radius 3 is 1.23 bits per heavy atom. The average molecular weight is 489 g/mol. The Hall–Kier alpha value is -1.06. The van der Waals surface area contributed by atoms with E-state index in [0.29, 0.717) is 47.7 Å². The molecular formula is C31H52O4. The summed E-state index contributed by atoms with van der Waals surface area (Å²) in [6.07, 6.45) is 12.6. The monoisotopic (exact) mass is 488 g/mol. The predicted molar refractivity (Wildman–Crippen MR) is 140 cm³/mol. The third-order valence-corrected chi connectivity index (χ3v) is 10.5. The molecule has 0 aliphatic heterocycles. The molecule has 200 valence electrons. The molecule has 2 bridgehead atoms. The van der Waals surface area contributed by atoms with E-state index in [2.05, 4.69) is 41.5 Å². The van der Waals surface area contributed by atoms with Crippen molar-refractivity contribution in [3.63, 3.8) is 0 Å². The fraction of sp³-hybridized carbons (Fsp3) is 0.935. The van der Waals surface area contributed by atoms with Crippen LogP contribution in [0.25, 0.3) is 0 Å². The van der Waals surface area contributed by atoms with Gasteiger partial charge in [0.2, 0.25) is 0 Å². The Bertz CT molecular complexity index is 666. The maximum Gasteiger partial charge on any atom is 0.310 e. The van der Waals surface area contributed by atoms with Crippen molar-refractivity contribution in [3.05, 3.63) is 0 Å². The predicted octanol–water partition coefficient (Wildman–Crippen LogP) is 7.44. The molecular weight excluding hydrogens is 436 g/mol. The van der Waals surface area contributed by atoms with Gasteiger partial charge in [0.15, 0.2) is 0 Å². The smallest absolute Gasteiger partial charge is 0.310 e. The molecule has 4 aliphatic carbocycles. The molecule has 4 aliphatic rings. The fourth-order valence-electron chi connectivity index (χ4n) is 7.95. The van der Waals surface area contributed by atoms with Gasteiger partial charge >= 0.3 is 11.9 Å². The van der Waals surface area contributed by atoms with Crippen LogP contribution in [-0.4, -0.2) is 25.2 Å². The van der Waals surface area contributed by atoms with Crippen molar-refractivity contribution in [2.75, 3.05) is 13.2 Å². The largest absolute Gasteiger partial charge is 0.465 e. The van der Waals surface area contributed by atoms with Gasteiger partial charge in [-0.25, -0.2) is 0 Å². The second-order valence-electron chi connectivity index (χ2n) is 14.8. The van der Waals surface area contributed by atoms with Crippen molar-refractivity contribution in [2.45, 2.75) is 112 Å². The molecule has 0 heterocycles. The van der Waals surface area contributed by atoms with E-state index in [9.17, 15) is 9.59 Å². The highest BCUT2D eigenvalue weighted by Gasteiger charge is 2.55. The molecule has 4 atom stereocenters. The van der Waals surface area contributed by atoms with Crippen LogP contribution in [0.4, 0.5) is 0 Å². The molecule has 0 saturated heterocycles. The standard InChI is InChI=1S/C31H52O4/c1-30(2,3)24-13-7-20(8-14-24)18-34-28(32)26-22-11-12-23(17-22)27(26)29(33)35-19-21-9-15-25(16-10-21)31(4,5)6/h20-27H,7-19H2,1-6H3. The summed E-state index contributed by atoms with van der Waals surface area (Å²) < 4.78 is 11.8. The quantitative estimate of drug-likeness (QED) is 0.365. The first kappa shape index (κ1) is 27.0. The SMILES string of the molecule is CC(C)(C)C1CCC(COC(=O)C2C3CCC(C3)C2C(=O)OCC2CCC(C(C)(C)C)CC2)CC1. The molecule has 0 aromatic carbocycles. The van der Waals surface area contributed by atoms with Gasteiger partial charge in [0.25, 0.3) is 0 Å². The highest BCUT2D eigenvalue weighted by atomic mass is 16.5. The molecule has 4 unspecified atom stereocenters. The van der Waals surface area contributed by atoms with Crippen molar-refractivity contribution in [3.8, 4) is 0 Å². The number of hydrogen-bond acceptors (Lipinski definition) is 4. The van der Waals surface area contributed by atoms with Gasteiger partial charge in [-0.05, 0) is 117 Å². The fourth-order valence-corrected chi connectivity index (χ4v) is 7.95. The Labute approximate surface area is 214 Å². The minimum absolute atomic E-state index is 0.122. The van der Waals surface area contributed by atoms with Crippen LogP contribution >= 0.6 is 0 Å². The summed E-state index contributed by atoms with van der Waals surface area (Å²) in [5, 5.41) is 0. The van der Waals surface area contributed by atoms with Gasteiger partial charge in [0.05, 0.1) is 25.0 Å². The minimum atomic E-state index is -0.274. The molecule has 4 saturated carbocycles. The number of hydrogen-bond donors (Lipinski definition) is 0. The van der Waals surface area contributed by atoms with Crippen molar-refractivity contribution in [1.82, 2.24) is 0 Å². The van der Waals surface area contributed by atoms with Crippen molar-refractivity contribution < 1.29 is 19.1 Å². The van der Waals surface area contributed by atoms with Crippen LogP contribution in [0.5, 0.6) is 0 Å². The van der Waals surface area contributed by atoms with Gasteiger partial charge in [-0.15, -0.1) is 0 Å². The first-order valence-electron chi connectivity index (χ1n) is 14.8. The van der Waals surface area contributed by atoms with Crippen LogP contribution in [0.2, 0.25) is 0 Å². The molecule has 0 radical (unpaired) electrons. The topological polar surface area (TPSA) is 52.6 Å². The lowest BCUT2D eigenvalue weighted by molar-refractivity contribution is -0.165. The zero-order valence-corrected chi connectivity index (χ0v) is 23.4. The van der Waals surface area contributed by atoms with Crippen LogP contribution in [0.1, 0.15) is 112 Å². The maximum atomic E-state index is 13.2. The second-order valence-corrected chi connectivity index (χ2v) is 14.8. The van der Waals surface area contributed by atoms with E-state index in [-0.39, 0.29) is 23.8 Å². The van der Waals surface area contributed by atoms with Crippen molar-refractivity contribution in [1.29, 1.82) is 0 Å². The summed E-state index contributed by atoms with van der Waals surface area (Å²) in [7, 11) is 0. The summed E-state index contributed by atoms with van der Waals surface area (Å²) in [6.45, 7) is 15.1. The lowest BCUT2D eigenvalue weighted by Crippen LogP contribution is -2.38. The minimum Gasteiger partial charge on any atom is -0.465 e. The van der Waals surface area contributed by atoms with E-state index < -0.39 is 0 Å². The first-order valence-corrected chi connectivity index (χ1v) is 14.8. The molecule has 0 spiro atoms. The molecule has 4 fully saturated rings. The molecule has 4 rings (SSSR count). The summed E-state index contributed by atoms with van der Waals surface area (Å²) in [6, 6.07) is 0. The van der Waals surface area contributed by atoms with Crippen molar-refractivity contribution in [2.24, 2.45) is 58.2 Å². The van der Waals surface area contributed by atoms with Gasteiger partial charge in [-0.2, -0.15) is 0 Å². The van der Waals surface area contributed by atoms with Gasteiger partial charge in [-0.3, -0.25) is 9.59 Å². The molecule has 0 aromatic heterocycles. The Morgan fingerprint density at radius 1 is 0.571 bits per heavy atom. The number of fused-ring (bicyclic) bond motifs is 2. The number of carbonyl (C=O) groups excluding carboxylic acids is 2. The lowest BCUT2D eigenvalue weighted by atomic mass is 9.70. The Balaban J connectivity index is 1.24. The normalized spacial score (nSPS) is 37.8. The molecule has 35 heavy (non-hydrogen) atoms. The third-order valence-electron chi connectivity index (χ3n) is 10.5. The molecule has 0 N–H and O–H groups in total. The second kappa shape index (κ2) is 10.7. The third kappa shape index (κ3) is 6.45. The van der Waals surface area contributed by atoms with E-state index in [1.54, 1.807) is 0 Å². The van der Waals surface area contributed by atoms with Gasteiger partial charge in [0.1, 0.15) is 0 Å². The highest BCUT2D eigenvalue weighted by molar-refractivity contribution is 5.83. The number of carbonyl (C=O) groups is 2. The summed E-state index contributed by atoms with van der Waals surface area (Å²) in [5.41, 5.74) is 0.731. The van der Waals surface area contributed by atoms with E-state index >= 15 is 0 Å². The first-order chi connectivity index (χ1) is 16.4. The van der Waals surface area contributed by atoms with E-state index in [1.807, 2.05) is 0 Å². The lowest BCUT2D eigenvalue weighted by Gasteiger charge is -2.37. The molecule has 0 aromatic rings. The van der Waals surface area contributed by atoms with Crippen LogP contribution in [-0.2, 0) is 19.1 Å². The Kier molecular flexibility index (Phi) is 8.28. The van der Waals surface area contributed by atoms with E-state index in [1.165, 1.54) is 25.7 Å². The van der Waals surface area contributed by atoms with Crippen LogP contribution < -0.4 is 0 Å². The van der Waals surface area contributed by atoms with Crippen LogP contribution in [0, 0.1) is 58.2 Å². The molecule has 4 nitrogen and oxygen atoms in total. The van der Waals surface area contributed by atoms with Gasteiger partial charge in [0, 0.05) is 0 Å². The van der Waals surface area contributed by atoms with Crippen molar-refractivity contribution >= 4 is 11.9 Å². The van der Waals surface area contributed by atoms with Gasteiger partial charge in [-0.1, -0.05) is 41.5 Å². The zero-order valence-electron chi connectivity index (χ0n) is 23.4. The highest BCUT2D eigenvalue weighted by Crippen LogP contribution is 2.53. The van der Waals surface area contributed by atoms with Crippen LogP contribution in [0.15, 0.2) is 0 Å². The average Bonchev–Trinajstić information content (AvgIpc) is 3.42. The molecule has 4 heteroatoms. The number of ether oxygens (including phenoxy) is 2.